The Bertz CT molecular complexity index is 1280. The van der Waals surface area contributed by atoms with Crippen LogP contribution in [0.4, 0.5) is 0 Å². The lowest BCUT2D eigenvalue weighted by atomic mass is 9.80. The number of aliphatic hydroxyl groups is 1. The molecular weight excluding hydrogens is 621 g/mol. The Morgan fingerprint density at radius 3 is 2.07 bits per heavy atom. The van der Waals surface area contributed by atoms with Crippen molar-refractivity contribution in [3.63, 3.8) is 0 Å². The molecule has 1 unspecified atom stereocenters. The van der Waals surface area contributed by atoms with Crippen molar-refractivity contribution in [2.24, 2.45) is 0 Å². The summed E-state index contributed by atoms with van der Waals surface area (Å²) in [6, 6.07) is 17.2. The molecule has 8 nitrogen and oxygen atoms in total. The van der Waals surface area contributed by atoms with Gasteiger partial charge in [-0.3, -0.25) is 14.4 Å². The minimum absolute atomic E-state index is 0.0433. The van der Waals surface area contributed by atoms with Crippen molar-refractivity contribution in [1.29, 1.82) is 0 Å². The minimum Gasteiger partial charge on any atom is -0.378 e. The van der Waals surface area contributed by atoms with E-state index in [2.05, 4.69) is 12.2 Å². The van der Waals surface area contributed by atoms with Gasteiger partial charge in [-0.05, 0) is 54.0 Å². The zero-order valence-electron chi connectivity index (χ0n) is 27.0. The summed E-state index contributed by atoms with van der Waals surface area (Å²) in [5, 5.41) is 16.2. The summed E-state index contributed by atoms with van der Waals surface area (Å²) in [6.07, 6.45) is 12.2. The summed E-state index contributed by atoms with van der Waals surface area (Å²) in [5.74, 6) is -0.0247. The number of hydrogen-bond acceptors (Lipinski definition) is 8. The lowest BCUT2D eigenvalue weighted by Crippen LogP contribution is -2.49. The zero-order valence-corrected chi connectivity index (χ0v) is 28.6. The topological polar surface area (TPSA) is 113 Å². The third-order valence-electron chi connectivity index (χ3n) is 8.67. The van der Waals surface area contributed by atoms with Crippen LogP contribution in [-0.4, -0.2) is 56.0 Å². The highest BCUT2D eigenvalue weighted by molar-refractivity contribution is 8.18. The van der Waals surface area contributed by atoms with Crippen molar-refractivity contribution < 1.29 is 29.1 Å². The van der Waals surface area contributed by atoms with Crippen molar-refractivity contribution in [2.45, 2.75) is 106 Å². The van der Waals surface area contributed by atoms with E-state index in [0.717, 1.165) is 48.3 Å². The average molecular weight is 669 g/mol. The molecule has 0 bridgehead atoms. The number of carbonyl (C=O) groups excluding carboxylic acids is 4. The highest BCUT2D eigenvalue weighted by Gasteiger charge is 2.54. The second-order valence-corrected chi connectivity index (χ2v) is 15.1. The first-order valence-electron chi connectivity index (χ1n) is 16.8. The quantitative estimate of drug-likeness (QED) is 0.127. The molecule has 10 heteroatoms. The van der Waals surface area contributed by atoms with Crippen molar-refractivity contribution >= 4 is 47.2 Å². The molecule has 2 aliphatic heterocycles. The second kappa shape index (κ2) is 17.9. The largest absolute Gasteiger partial charge is 0.378 e. The molecule has 0 spiro atoms. The summed E-state index contributed by atoms with van der Waals surface area (Å²) in [4.78, 5) is 53.1. The predicted molar refractivity (Wildman–Crippen MR) is 184 cm³/mol. The van der Waals surface area contributed by atoms with Crippen LogP contribution in [0.3, 0.4) is 0 Å². The number of hydroxylamine groups is 2. The second-order valence-electron chi connectivity index (χ2n) is 12.1. The number of unbranched alkanes of at least 4 members (excludes halogenated alkanes) is 7. The molecule has 2 N–H and O–H groups in total. The van der Waals surface area contributed by atoms with Crippen LogP contribution in [0.15, 0.2) is 54.6 Å². The van der Waals surface area contributed by atoms with Gasteiger partial charge in [-0.15, -0.1) is 28.6 Å². The molecule has 2 aromatic carbocycles. The number of carbonyl (C=O) groups is 4. The number of nitrogens with zero attached hydrogens (tertiary/aromatic N) is 1. The molecule has 4 rings (SSSR count). The van der Waals surface area contributed by atoms with Gasteiger partial charge >= 0.3 is 5.97 Å². The molecule has 2 saturated heterocycles. The van der Waals surface area contributed by atoms with E-state index < -0.39 is 27.5 Å². The van der Waals surface area contributed by atoms with Gasteiger partial charge in [0.05, 0.1) is 4.08 Å². The number of benzene rings is 2. The molecule has 0 radical (unpaired) electrons. The van der Waals surface area contributed by atoms with E-state index in [1.165, 1.54) is 38.5 Å². The van der Waals surface area contributed by atoms with Gasteiger partial charge in [0.2, 0.25) is 0 Å². The minimum atomic E-state index is -1.25. The SMILES string of the molecule is CCCCCCCCCCC1(C(O)(c2ccccc2)c2ccc(C(=O)NCCCC(=O)ON3C(=O)CCC3=O)cc2)SCCCS1. The van der Waals surface area contributed by atoms with Crippen molar-refractivity contribution in [3.8, 4) is 0 Å². The van der Waals surface area contributed by atoms with E-state index in [9.17, 15) is 24.3 Å². The predicted octanol–water partition coefficient (Wildman–Crippen LogP) is 7.14. The molecule has 3 amide bonds. The Balaban J connectivity index is 1.40. The van der Waals surface area contributed by atoms with Gasteiger partial charge in [0.1, 0.15) is 5.60 Å². The number of amides is 3. The van der Waals surface area contributed by atoms with Crippen LogP contribution in [0, 0.1) is 0 Å². The average Bonchev–Trinajstić information content (AvgIpc) is 3.40. The lowest BCUT2D eigenvalue weighted by molar-refractivity contribution is -0.197. The fraction of sp³-hybridized carbons (Fsp3) is 0.556. The molecule has 0 aliphatic carbocycles. The van der Waals surface area contributed by atoms with Gasteiger partial charge in [0.25, 0.3) is 17.7 Å². The van der Waals surface area contributed by atoms with Crippen LogP contribution in [0.2, 0.25) is 0 Å². The molecule has 0 saturated carbocycles. The van der Waals surface area contributed by atoms with Crippen LogP contribution >= 0.6 is 23.5 Å². The van der Waals surface area contributed by atoms with E-state index in [1.54, 1.807) is 12.1 Å². The van der Waals surface area contributed by atoms with Crippen molar-refractivity contribution in [3.05, 3.63) is 71.3 Å². The number of nitrogens with one attached hydrogen (secondary N) is 1. The Hall–Kier alpha value is -2.82. The molecule has 2 heterocycles. The highest BCUT2D eigenvalue weighted by atomic mass is 32.2. The fourth-order valence-corrected chi connectivity index (χ4v) is 9.81. The molecule has 0 aromatic heterocycles. The van der Waals surface area contributed by atoms with Crippen LogP contribution in [0.1, 0.15) is 118 Å². The number of rotatable bonds is 18. The summed E-state index contributed by atoms with van der Waals surface area (Å²) in [5.41, 5.74) is 0.831. The lowest BCUT2D eigenvalue weighted by Gasteiger charge is -2.49. The van der Waals surface area contributed by atoms with Crippen molar-refractivity contribution in [2.75, 3.05) is 18.1 Å². The smallest absolute Gasteiger partial charge is 0.333 e. The summed E-state index contributed by atoms with van der Waals surface area (Å²) >= 11 is 3.75. The van der Waals surface area contributed by atoms with Crippen LogP contribution in [0.25, 0.3) is 0 Å². The zero-order chi connectivity index (χ0) is 32.8. The maximum atomic E-state index is 12.9. The van der Waals surface area contributed by atoms with E-state index in [4.69, 9.17) is 4.84 Å². The van der Waals surface area contributed by atoms with Gasteiger partial charge in [-0.25, -0.2) is 4.79 Å². The fourth-order valence-electron chi connectivity index (χ4n) is 6.09. The van der Waals surface area contributed by atoms with Crippen molar-refractivity contribution in [1.82, 2.24) is 10.4 Å². The summed E-state index contributed by atoms with van der Waals surface area (Å²) in [6.45, 7) is 2.47. The van der Waals surface area contributed by atoms with E-state index in [1.807, 2.05) is 66.0 Å². The maximum Gasteiger partial charge on any atom is 0.333 e. The van der Waals surface area contributed by atoms with Crippen LogP contribution < -0.4 is 5.32 Å². The standard InChI is InChI=1S/C36H48N2O6S2/c1-2-3-4-5-6-7-8-12-24-35(45-26-14-27-46-35)36(43,29-15-10-9-11-16-29)30-20-18-28(19-21-30)34(42)37-25-13-17-33(41)44-38-31(39)22-23-32(38)40/h9-11,15-16,18-21,43H,2-8,12-14,17,22-27H2,1H3,(H,37,42). The monoisotopic (exact) mass is 668 g/mol. The van der Waals surface area contributed by atoms with E-state index >= 15 is 0 Å². The third kappa shape index (κ3) is 9.16. The Morgan fingerprint density at radius 1 is 0.848 bits per heavy atom. The first kappa shape index (κ1) is 36.0. The summed E-state index contributed by atoms with van der Waals surface area (Å²) < 4.78 is -0.447. The van der Waals surface area contributed by atoms with E-state index in [0.29, 0.717) is 17.0 Å². The van der Waals surface area contributed by atoms with Gasteiger partial charge in [0.15, 0.2) is 0 Å². The Labute approximate surface area is 281 Å². The Kier molecular flexibility index (Phi) is 14.0. The normalized spacial score (nSPS) is 17.5. The molecule has 2 aromatic rings. The first-order valence-corrected chi connectivity index (χ1v) is 18.8. The molecular formula is C36H48N2O6S2. The number of hydrogen-bond donors (Lipinski definition) is 2. The number of thioether (sulfide) groups is 2. The molecule has 1 atom stereocenters. The van der Waals surface area contributed by atoms with Gasteiger partial charge < -0.3 is 15.3 Å². The third-order valence-corrected chi connectivity index (χ3v) is 12.3. The van der Waals surface area contributed by atoms with Crippen LogP contribution in [0.5, 0.6) is 0 Å². The van der Waals surface area contributed by atoms with E-state index in [-0.39, 0.29) is 31.7 Å². The maximum absolute atomic E-state index is 12.9. The molecule has 2 fully saturated rings. The van der Waals surface area contributed by atoms with Crippen LogP contribution in [-0.2, 0) is 24.8 Å². The van der Waals surface area contributed by atoms with Gasteiger partial charge in [-0.1, -0.05) is 101 Å². The molecule has 46 heavy (non-hydrogen) atoms. The highest BCUT2D eigenvalue weighted by Crippen LogP contribution is 2.58. The Morgan fingerprint density at radius 2 is 1.43 bits per heavy atom. The molecule has 250 valence electrons. The van der Waals surface area contributed by atoms with Gasteiger partial charge in [-0.2, -0.15) is 0 Å². The molecule has 2 aliphatic rings. The van der Waals surface area contributed by atoms with Gasteiger partial charge in [0, 0.05) is 31.4 Å². The summed E-state index contributed by atoms with van der Waals surface area (Å²) in [7, 11) is 0. The first-order chi connectivity index (χ1) is 22.3. The number of imide groups is 1.